The SMILES string of the molecule is O=C(O)[C@H]1[C@H](CO)[C@H]2Cn3c(ccc(C4=CCCC4)c3=O)[C@@H]1N2C(=O)Cc1ccccn1. The number of fused-ring (bicyclic) bond motifs is 4. The Morgan fingerprint density at radius 3 is 2.69 bits per heavy atom. The normalized spacial score (nSPS) is 26.0. The molecule has 8 heteroatoms. The van der Waals surface area contributed by atoms with Gasteiger partial charge in [-0.15, -0.1) is 0 Å². The Bertz CT molecular complexity index is 1160. The molecule has 166 valence electrons. The van der Waals surface area contributed by atoms with E-state index in [4.69, 9.17) is 0 Å². The summed E-state index contributed by atoms with van der Waals surface area (Å²) in [5.41, 5.74) is 2.64. The van der Waals surface area contributed by atoms with Crippen LogP contribution in [0, 0.1) is 11.8 Å². The monoisotopic (exact) mass is 435 g/mol. The molecule has 1 fully saturated rings. The fourth-order valence-corrected chi connectivity index (χ4v) is 5.64. The number of nitrogens with zero attached hydrogens (tertiary/aromatic N) is 3. The molecule has 2 aliphatic heterocycles. The Kier molecular flexibility index (Phi) is 5.17. The Morgan fingerprint density at radius 2 is 2.03 bits per heavy atom. The van der Waals surface area contributed by atoms with Crippen molar-refractivity contribution in [3.05, 3.63) is 69.9 Å². The lowest BCUT2D eigenvalue weighted by Crippen LogP contribution is -2.49. The predicted octanol–water partition coefficient (Wildman–Crippen LogP) is 1.63. The van der Waals surface area contributed by atoms with Gasteiger partial charge in [-0.2, -0.15) is 0 Å². The molecule has 4 heterocycles. The molecular weight excluding hydrogens is 410 g/mol. The Labute approximate surface area is 184 Å². The van der Waals surface area contributed by atoms with E-state index in [1.54, 1.807) is 46.0 Å². The van der Waals surface area contributed by atoms with Crippen molar-refractivity contribution in [2.75, 3.05) is 6.61 Å². The number of rotatable bonds is 5. The van der Waals surface area contributed by atoms with Gasteiger partial charge in [-0.1, -0.05) is 12.1 Å². The zero-order valence-corrected chi connectivity index (χ0v) is 17.6. The number of carbonyl (C=O) groups is 2. The van der Waals surface area contributed by atoms with E-state index in [1.807, 2.05) is 0 Å². The molecule has 1 amide bonds. The van der Waals surface area contributed by atoms with Gasteiger partial charge in [0.1, 0.15) is 0 Å². The average Bonchev–Trinajstić information content (AvgIpc) is 3.39. The fraction of sp³-hybridized carbons (Fsp3) is 0.417. The van der Waals surface area contributed by atoms with Gasteiger partial charge >= 0.3 is 5.97 Å². The third kappa shape index (κ3) is 3.17. The number of carbonyl (C=O) groups excluding carboxylic acids is 1. The van der Waals surface area contributed by atoms with Crippen LogP contribution in [-0.2, 0) is 22.6 Å². The lowest BCUT2D eigenvalue weighted by Gasteiger charge is -2.38. The van der Waals surface area contributed by atoms with Crippen LogP contribution in [0.1, 0.15) is 42.3 Å². The highest BCUT2D eigenvalue weighted by Crippen LogP contribution is 2.48. The van der Waals surface area contributed by atoms with Crippen molar-refractivity contribution in [2.45, 2.75) is 44.3 Å². The van der Waals surface area contributed by atoms with E-state index in [0.29, 0.717) is 17.0 Å². The standard InChI is InChI=1S/C24H25N3O5/c28-13-17-19-12-26-18(9-8-16(23(26)30)14-5-1-2-6-14)22(21(17)24(31)32)27(19)20(29)11-15-7-3-4-10-25-15/h3-5,7-10,17,19,21-22,28H,1-2,6,11-13H2,(H,31,32)/t17-,19-,21+,22+/m1/s1. The molecule has 2 bridgehead atoms. The van der Waals surface area contributed by atoms with Crippen molar-refractivity contribution in [1.29, 1.82) is 0 Å². The number of pyridine rings is 2. The maximum absolute atomic E-state index is 13.4. The number of aliphatic hydroxyl groups excluding tert-OH is 1. The third-order valence-electron chi connectivity index (χ3n) is 7.06. The highest BCUT2D eigenvalue weighted by Gasteiger charge is 2.57. The molecule has 4 atom stereocenters. The van der Waals surface area contributed by atoms with E-state index in [0.717, 1.165) is 24.8 Å². The second-order valence-corrected chi connectivity index (χ2v) is 8.73. The van der Waals surface area contributed by atoms with Gasteiger partial charge < -0.3 is 19.7 Å². The Morgan fingerprint density at radius 1 is 1.19 bits per heavy atom. The average molecular weight is 435 g/mol. The number of hydrogen-bond acceptors (Lipinski definition) is 5. The van der Waals surface area contributed by atoms with Gasteiger partial charge in [0.25, 0.3) is 5.56 Å². The van der Waals surface area contributed by atoms with Crippen molar-refractivity contribution in [1.82, 2.24) is 14.5 Å². The Balaban J connectivity index is 1.59. The van der Waals surface area contributed by atoms with Crippen molar-refractivity contribution in [2.24, 2.45) is 11.8 Å². The molecule has 3 aliphatic rings. The second kappa shape index (κ2) is 8.02. The van der Waals surface area contributed by atoms with Crippen LogP contribution in [0.2, 0.25) is 0 Å². The summed E-state index contributed by atoms with van der Waals surface area (Å²) in [6.07, 6.45) is 6.55. The number of hydrogen-bond donors (Lipinski definition) is 2. The highest BCUT2D eigenvalue weighted by molar-refractivity contribution is 5.82. The molecule has 2 N–H and O–H groups in total. The minimum absolute atomic E-state index is 0.0352. The largest absolute Gasteiger partial charge is 0.481 e. The summed E-state index contributed by atoms with van der Waals surface area (Å²) in [5, 5.41) is 20.1. The van der Waals surface area contributed by atoms with Crippen LogP contribution < -0.4 is 5.56 Å². The van der Waals surface area contributed by atoms with Crippen LogP contribution in [0.15, 0.2) is 47.4 Å². The molecule has 1 saturated heterocycles. The molecule has 0 aromatic carbocycles. The lowest BCUT2D eigenvalue weighted by atomic mass is 9.87. The van der Waals surface area contributed by atoms with Crippen molar-refractivity contribution >= 4 is 17.4 Å². The zero-order valence-electron chi connectivity index (χ0n) is 17.6. The molecule has 2 aromatic heterocycles. The van der Waals surface area contributed by atoms with E-state index < -0.39 is 29.9 Å². The molecule has 8 nitrogen and oxygen atoms in total. The minimum atomic E-state index is -1.07. The highest BCUT2D eigenvalue weighted by atomic mass is 16.4. The molecule has 0 spiro atoms. The topological polar surface area (TPSA) is 113 Å². The smallest absolute Gasteiger partial charge is 0.309 e. The first-order chi connectivity index (χ1) is 15.5. The number of aliphatic hydroxyl groups is 1. The number of amides is 1. The van der Waals surface area contributed by atoms with Crippen LogP contribution in [0.3, 0.4) is 0 Å². The molecular formula is C24H25N3O5. The van der Waals surface area contributed by atoms with Gasteiger partial charge in [0.15, 0.2) is 0 Å². The summed E-state index contributed by atoms with van der Waals surface area (Å²) in [7, 11) is 0. The predicted molar refractivity (Wildman–Crippen MR) is 116 cm³/mol. The van der Waals surface area contributed by atoms with Gasteiger partial charge in [-0.3, -0.25) is 19.4 Å². The van der Waals surface area contributed by atoms with Gasteiger partial charge in [0, 0.05) is 42.2 Å². The summed E-state index contributed by atoms with van der Waals surface area (Å²) in [5.74, 6) is -2.96. The maximum Gasteiger partial charge on any atom is 0.309 e. The fourth-order valence-electron chi connectivity index (χ4n) is 5.64. The molecule has 0 saturated carbocycles. The molecule has 2 aromatic rings. The number of carboxylic acid groups (broad SMARTS) is 1. The second-order valence-electron chi connectivity index (χ2n) is 8.73. The van der Waals surface area contributed by atoms with Crippen LogP contribution in [-0.4, -0.2) is 49.2 Å². The van der Waals surface area contributed by atoms with E-state index in [2.05, 4.69) is 11.1 Å². The first-order valence-electron chi connectivity index (χ1n) is 11.0. The van der Waals surface area contributed by atoms with Crippen LogP contribution >= 0.6 is 0 Å². The summed E-state index contributed by atoms with van der Waals surface area (Å²) < 4.78 is 1.62. The maximum atomic E-state index is 13.4. The Hall–Kier alpha value is -3.26. The van der Waals surface area contributed by atoms with Gasteiger partial charge in [-0.25, -0.2) is 0 Å². The number of carboxylic acids is 1. The first-order valence-corrected chi connectivity index (χ1v) is 11.0. The van der Waals surface area contributed by atoms with E-state index in [-0.39, 0.29) is 31.0 Å². The number of aromatic nitrogens is 2. The number of allylic oxidation sites excluding steroid dienone is 2. The van der Waals surface area contributed by atoms with Crippen molar-refractivity contribution in [3.63, 3.8) is 0 Å². The number of aliphatic carboxylic acids is 1. The summed E-state index contributed by atoms with van der Waals surface area (Å²) in [6, 6.07) is 7.49. The van der Waals surface area contributed by atoms with Crippen LogP contribution in [0.5, 0.6) is 0 Å². The quantitative estimate of drug-likeness (QED) is 0.738. The zero-order chi connectivity index (χ0) is 22.4. The van der Waals surface area contributed by atoms with E-state index >= 15 is 0 Å². The summed E-state index contributed by atoms with van der Waals surface area (Å²) in [6.45, 7) is -0.193. The third-order valence-corrected chi connectivity index (χ3v) is 7.06. The summed E-state index contributed by atoms with van der Waals surface area (Å²) >= 11 is 0. The molecule has 0 unspecified atom stereocenters. The van der Waals surface area contributed by atoms with Gasteiger partial charge in [0.05, 0.1) is 24.4 Å². The van der Waals surface area contributed by atoms with Gasteiger partial charge in [-0.05, 0) is 49.1 Å². The first kappa shape index (κ1) is 20.6. The molecule has 0 radical (unpaired) electrons. The minimum Gasteiger partial charge on any atom is -0.481 e. The van der Waals surface area contributed by atoms with Crippen molar-refractivity contribution in [3.8, 4) is 0 Å². The van der Waals surface area contributed by atoms with Gasteiger partial charge in [0.2, 0.25) is 5.91 Å². The van der Waals surface area contributed by atoms with E-state index in [9.17, 15) is 24.6 Å². The van der Waals surface area contributed by atoms with Crippen LogP contribution in [0.4, 0.5) is 0 Å². The molecule has 32 heavy (non-hydrogen) atoms. The summed E-state index contributed by atoms with van der Waals surface area (Å²) in [4.78, 5) is 44.8. The van der Waals surface area contributed by atoms with Crippen LogP contribution in [0.25, 0.3) is 5.57 Å². The van der Waals surface area contributed by atoms with Crippen molar-refractivity contribution < 1.29 is 19.8 Å². The lowest BCUT2D eigenvalue weighted by molar-refractivity contribution is -0.145. The van der Waals surface area contributed by atoms with E-state index in [1.165, 1.54) is 0 Å². The molecule has 1 aliphatic carbocycles. The molecule has 5 rings (SSSR count).